The predicted octanol–water partition coefficient (Wildman–Crippen LogP) is 2.97. The highest BCUT2D eigenvalue weighted by Gasteiger charge is 2.40. The van der Waals surface area contributed by atoms with Crippen LogP contribution in [-0.2, 0) is 0 Å². The number of nitrogens with zero attached hydrogens (tertiary/aromatic N) is 2. The first-order chi connectivity index (χ1) is 10.2. The van der Waals surface area contributed by atoms with Crippen molar-refractivity contribution in [2.24, 2.45) is 10.9 Å². The van der Waals surface area contributed by atoms with E-state index in [9.17, 15) is 0 Å². The second-order valence-electron chi connectivity index (χ2n) is 7.21. The number of hydrogen-bond donors (Lipinski definition) is 2. The van der Waals surface area contributed by atoms with Gasteiger partial charge in [0.05, 0.1) is 0 Å². The second-order valence-corrected chi connectivity index (χ2v) is 7.21. The summed E-state index contributed by atoms with van der Waals surface area (Å²) in [6.45, 7) is 8.82. The minimum absolute atomic E-state index is 0. The first kappa shape index (κ1) is 18.3. The molecule has 0 aromatic rings. The summed E-state index contributed by atoms with van der Waals surface area (Å²) in [5.41, 5.74) is 0. The van der Waals surface area contributed by atoms with Crippen molar-refractivity contribution in [1.82, 2.24) is 15.5 Å². The minimum Gasteiger partial charge on any atom is -0.353 e. The van der Waals surface area contributed by atoms with E-state index in [1.54, 1.807) is 0 Å². The molecule has 4 nitrogen and oxygen atoms in total. The summed E-state index contributed by atoms with van der Waals surface area (Å²) in [6.07, 6.45) is 8.05. The zero-order valence-corrected chi connectivity index (χ0v) is 16.7. The highest BCUT2D eigenvalue weighted by Crippen LogP contribution is 2.35. The van der Waals surface area contributed by atoms with Gasteiger partial charge < -0.3 is 10.6 Å². The number of rotatable bonds is 6. The van der Waals surface area contributed by atoms with Gasteiger partial charge >= 0.3 is 0 Å². The lowest BCUT2D eigenvalue weighted by molar-refractivity contribution is 0.256. The molecule has 3 fully saturated rings. The lowest BCUT2D eigenvalue weighted by Crippen LogP contribution is -2.46. The zero-order chi connectivity index (χ0) is 14.8. The fourth-order valence-electron chi connectivity index (χ4n) is 3.85. The maximum Gasteiger partial charge on any atom is 0.191 e. The van der Waals surface area contributed by atoms with Crippen molar-refractivity contribution in [2.75, 3.05) is 13.1 Å². The van der Waals surface area contributed by atoms with Gasteiger partial charge in [-0.1, -0.05) is 13.3 Å². The summed E-state index contributed by atoms with van der Waals surface area (Å²) in [6, 6.07) is 2.85. The molecule has 2 N–H and O–H groups in total. The van der Waals surface area contributed by atoms with E-state index in [0.717, 1.165) is 30.5 Å². The van der Waals surface area contributed by atoms with Crippen LogP contribution in [0.3, 0.4) is 0 Å². The van der Waals surface area contributed by atoms with Gasteiger partial charge in [0.25, 0.3) is 0 Å². The Morgan fingerprint density at radius 1 is 1.18 bits per heavy atom. The van der Waals surface area contributed by atoms with E-state index in [-0.39, 0.29) is 24.0 Å². The molecular formula is C17H33IN4. The van der Waals surface area contributed by atoms with Gasteiger partial charge in [-0.3, -0.25) is 9.89 Å². The van der Waals surface area contributed by atoms with Gasteiger partial charge in [-0.25, -0.2) is 0 Å². The Morgan fingerprint density at radius 2 is 1.95 bits per heavy atom. The molecule has 0 amide bonds. The van der Waals surface area contributed by atoms with E-state index in [0.29, 0.717) is 12.1 Å². The van der Waals surface area contributed by atoms with Crippen molar-refractivity contribution in [3.63, 3.8) is 0 Å². The fraction of sp³-hybridized carbons (Fsp3) is 0.941. The third-order valence-corrected chi connectivity index (χ3v) is 5.20. The molecule has 22 heavy (non-hydrogen) atoms. The molecule has 0 aromatic heterocycles. The number of halogens is 1. The van der Waals surface area contributed by atoms with Crippen LogP contribution >= 0.6 is 24.0 Å². The first-order valence-electron chi connectivity index (χ1n) is 9.04. The quantitative estimate of drug-likeness (QED) is 0.394. The second kappa shape index (κ2) is 8.18. The normalized spacial score (nSPS) is 35.1. The fourth-order valence-corrected chi connectivity index (χ4v) is 3.85. The number of nitrogens with one attached hydrogen (secondary N) is 2. The van der Waals surface area contributed by atoms with Crippen LogP contribution in [-0.4, -0.2) is 48.1 Å². The molecule has 3 aliphatic rings. The Balaban J connectivity index is 0.00000176. The largest absolute Gasteiger partial charge is 0.353 e. The molecule has 0 aromatic carbocycles. The monoisotopic (exact) mass is 420 g/mol. The molecule has 4 atom stereocenters. The van der Waals surface area contributed by atoms with Gasteiger partial charge in [0.1, 0.15) is 0 Å². The predicted molar refractivity (Wildman–Crippen MR) is 104 cm³/mol. The summed E-state index contributed by atoms with van der Waals surface area (Å²) in [4.78, 5) is 7.34. The Kier molecular flexibility index (Phi) is 6.80. The van der Waals surface area contributed by atoms with Crippen LogP contribution in [0.2, 0.25) is 0 Å². The van der Waals surface area contributed by atoms with Crippen molar-refractivity contribution < 1.29 is 0 Å². The van der Waals surface area contributed by atoms with E-state index in [1.807, 2.05) is 0 Å². The van der Waals surface area contributed by atoms with Gasteiger partial charge in [-0.2, -0.15) is 0 Å². The molecule has 2 saturated carbocycles. The van der Waals surface area contributed by atoms with Gasteiger partial charge in [0.2, 0.25) is 0 Å². The van der Waals surface area contributed by atoms with Gasteiger partial charge in [-0.05, 0) is 51.9 Å². The maximum atomic E-state index is 4.65. The average Bonchev–Trinajstić information content (AvgIpc) is 3.34. The first-order valence-corrected chi connectivity index (χ1v) is 9.04. The summed E-state index contributed by atoms with van der Waals surface area (Å²) >= 11 is 0. The minimum atomic E-state index is 0. The molecule has 2 aliphatic carbocycles. The summed E-state index contributed by atoms with van der Waals surface area (Å²) < 4.78 is 0. The van der Waals surface area contributed by atoms with Crippen LogP contribution in [0.1, 0.15) is 59.3 Å². The average molecular weight is 420 g/mol. The van der Waals surface area contributed by atoms with Crippen molar-refractivity contribution in [1.29, 1.82) is 0 Å². The summed E-state index contributed by atoms with van der Waals surface area (Å²) in [5.74, 6) is 1.93. The molecule has 4 unspecified atom stereocenters. The van der Waals surface area contributed by atoms with E-state index in [4.69, 9.17) is 0 Å². The third kappa shape index (κ3) is 4.73. The molecule has 0 spiro atoms. The molecule has 0 bridgehead atoms. The zero-order valence-electron chi connectivity index (χ0n) is 14.3. The molecule has 0 radical (unpaired) electrons. The Labute approximate surface area is 152 Å². The van der Waals surface area contributed by atoms with Gasteiger partial charge in [-0.15, -0.1) is 24.0 Å². The lowest BCUT2D eigenvalue weighted by Gasteiger charge is -2.20. The van der Waals surface area contributed by atoms with E-state index < -0.39 is 0 Å². The highest BCUT2D eigenvalue weighted by molar-refractivity contribution is 14.0. The molecule has 1 saturated heterocycles. The molecular weight excluding hydrogens is 387 g/mol. The summed E-state index contributed by atoms with van der Waals surface area (Å²) in [5, 5.41) is 7.34. The Morgan fingerprint density at radius 3 is 2.59 bits per heavy atom. The standard InChI is InChI=1S/C17H32N4.HI/c1-4-6-13-10-16(13)20-17(18-5-2)19-14-9-12(3)21(11-14)15-7-8-15;/h12-16H,4-11H2,1-3H3,(H2,18,19,20);1H. The van der Waals surface area contributed by atoms with Crippen LogP contribution in [0.25, 0.3) is 0 Å². The molecule has 5 heteroatoms. The van der Waals surface area contributed by atoms with Crippen molar-refractivity contribution >= 4 is 29.9 Å². The topological polar surface area (TPSA) is 39.7 Å². The van der Waals surface area contributed by atoms with Crippen LogP contribution in [0.15, 0.2) is 4.99 Å². The van der Waals surface area contributed by atoms with Crippen molar-refractivity contribution in [3.05, 3.63) is 0 Å². The molecule has 1 aliphatic heterocycles. The SMILES string of the molecule is CCCC1CC1NC(=NCC)NC1CC(C)N(C2CC2)C1.I. The van der Waals surface area contributed by atoms with Crippen molar-refractivity contribution in [3.8, 4) is 0 Å². The number of aliphatic imine (C=N–C) groups is 1. The van der Waals surface area contributed by atoms with Gasteiger partial charge in [0.15, 0.2) is 5.96 Å². The summed E-state index contributed by atoms with van der Waals surface area (Å²) in [7, 11) is 0. The molecule has 3 rings (SSSR count). The number of guanidine groups is 1. The smallest absolute Gasteiger partial charge is 0.191 e. The molecule has 1 heterocycles. The Bertz CT molecular complexity index is 383. The third-order valence-electron chi connectivity index (χ3n) is 5.20. The van der Waals surface area contributed by atoms with E-state index >= 15 is 0 Å². The van der Waals surface area contributed by atoms with Crippen LogP contribution in [0.5, 0.6) is 0 Å². The van der Waals surface area contributed by atoms with Crippen molar-refractivity contribution in [2.45, 2.75) is 83.5 Å². The van der Waals surface area contributed by atoms with E-state index in [1.165, 1.54) is 45.1 Å². The number of hydrogen-bond acceptors (Lipinski definition) is 2. The Hall–Kier alpha value is -0.0400. The highest BCUT2D eigenvalue weighted by atomic mass is 127. The lowest BCUT2D eigenvalue weighted by atomic mass is 10.2. The van der Waals surface area contributed by atoms with Gasteiger partial charge in [0, 0.05) is 37.3 Å². The number of likely N-dealkylation sites (tertiary alicyclic amines) is 1. The maximum absolute atomic E-state index is 4.65. The molecule has 128 valence electrons. The van der Waals surface area contributed by atoms with Crippen LogP contribution in [0.4, 0.5) is 0 Å². The van der Waals surface area contributed by atoms with E-state index in [2.05, 4.69) is 41.3 Å². The van der Waals surface area contributed by atoms with Crippen LogP contribution < -0.4 is 10.6 Å². The van der Waals surface area contributed by atoms with Crippen LogP contribution in [0, 0.1) is 5.92 Å².